The van der Waals surface area contributed by atoms with Crippen LogP contribution >= 0.6 is 0 Å². The minimum absolute atomic E-state index is 0.0328. The number of aliphatic imine (C=N–C) groups is 1. The summed E-state index contributed by atoms with van der Waals surface area (Å²) in [7, 11) is 0. The van der Waals surface area contributed by atoms with Gasteiger partial charge in [0.25, 0.3) is 5.91 Å². The largest absolute Gasteiger partial charge is 0.494 e. The Morgan fingerprint density at radius 2 is 1.74 bits per heavy atom. The summed E-state index contributed by atoms with van der Waals surface area (Å²) in [5.74, 6) is -0.00681. The van der Waals surface area contributed by atoms with E-state index < -0.39 is 23.4 Å². The molecule has 1 aliphatic heterocycles. The first-order valence-electron chi connectivity index (χ1n) is 15.0. The third-order valence-corrected chi connectivity index (χ3v) is 7.61. The number of rotatable bonds is 14. The summed E-state index contributed by atoms with van der Waals surface area (Å²) in [5.41, 5.74) is 10.8. The second kappa shape index (κ2) is 15.5. The molecule has 0 aromatic heterocycles. The highest BCUT2D eigenvalue weighted by molar-refractivity contribution is 6.01. The van der Waals surface area contributed by atoms with E-state index >= 15 is 0 Å². The van der Waals surface area contributed by atoms with Crippen molar-refractivity contribution in [2.24, 2.45) is 10.1 Å². The van der Waals surface area contributed by atoms with Crippen molar-refractivity contribution in [1.82, 2.24) is 5.32 Å². The van der Waals surface area contributed by atoms with Crippen LogP contribution in [0, 0.1) is 5.82 Å². The molecule has 1 aliphatic rings. The Hall–Kier alpha value is -5.44. The number of benzene rings is 4. The zero-order valence-corrected chi connectivity index (χ0v) is 25.1. The van der Waals surface area contributed by atoms with Gasteiger partial charge in [0.1, 0.15) is 11.6 Å². The summed E-state index contributed by atoms with van der Waals surface area (Å²) in [4.78, 5) is 22.3. The number of carbonyl (C=O) groups is 1. The topological polar surface area (TPSA) is 129 Å². The summed E-state index contributed by atoms with van der Waals surface area (Å²) in [6.07, 6.45) is 3.55. The molecule has 1 heterocycles. The lowest BCUT2D eigenvalue weighted by Gasteiger charge is -2.31. The summed E-state index contributed by atoms with van der Waals surface area (Å²) >= 11 is 0. The molecule has 0 saturated carbocycles. The molecule has 0 radical (unpaired) electrons. The average Bonchev–Trinajstić information content (AvgIpc) is 3.48. The lowest BCUT2D eigenvalue weighted by molar-refractivity contribution is -0.129. The molecule has 10 heteroatoms. The third-order valence-electron chi connectivity index (χ3n) is 7.61. The van der Waals surface area contributed by atoms with E-state index in [9.17, 15) is 9.18 Å². The van der Waals surface area contributed by atoms with E-state index in [1.54, 1.807) is 42.5 Å². The number of carbonyl (C=O) groups excluding carboxylic acids is 1. The number of aliphatic hydroxyl groups is 1. The van der Waals surface area contributed by atoms with Gasteiger partial charge in [-0.3, -0.25) is 4.79 Å². The monoisotopic (exact) mass is 619 g/mol. The Kier molecular flexibility index (Phi) is 10.8. The first-order valence-corrected chi connectivity index (χ1v) is 15.0. The molecule has 2 atom stereocenters. The van der Waals surface area contributed by atoms with E-state index in [0.29, 0.717) is 41.0 Å². The fourth-order valence-electron chi connectivity index (χ4n) is 5.24. The van der Waals surface area contributed by atoms with Crippen LogP contribution < -0.4 is 10.1 Å². The molecule has 0 unspecified atom stereocenters. The zero-order valence-electron chi connectivity index (χ0n) is 25.1. The van der Waals surface area contributed by atoms with Gasteiger partial charge in [0, 0.05) is 42.0 Å². The Morgan fingerprint density at radius 1 is 1.02 bits per heavy atom. The molecule has 4 aromatic carbocycles. The van der Waals surface area contributed by atoms with Crippen molar-refractivity contribution >= 4 is 17.9 Å². The number of ether oxygens (including phenoxy) is 2. The quantitative estimate of drug-likeness (QED) is 0.0677. The summed E-state index contributed by atoms with van der Waals surface area (Å²) < 4.78 is 26.8. The molecule has 2 N–H and O–H groups in total. The van der Waals surface area contributed by atoms with Crippen LogP contribution in [0.5, 0.6) is 5.75 Å². The van der Waals surface area contributed by atoms with Crippen molar-refractivity contribution in [2.75, 3.05) is 13.2 Å². The van der Waals surface area contributed by atoms with E-state index in [2.05, 4.69) is 15.3 Å². The van der Waals surface area contributed by atoms with E-state index in [1.807, 2.05) is 66.7 Å². The minimum Gasteiger partial charge on any atom is -0.494 e. The lowest BCUT2D eigenvalue weighted by atomic mass is 9.82. The van der Waals surface area contributed by atoms with Crippen LogP contribution in [-0.4, -0.2) is 35.7 Å². The fraction of sp³-hybridized carbons (Fsp3) is 0.222. The molecular weight excluding hydrogens is 585 g/mol. The van der Waals surface area contributed by atoms with E-state index in [1.165, 1.54) is 6.07 Å². The van der Waals surface area contributed by atoms with Crippen LogP contribution in [0.3, 0.4) is 0 Å². The average molecular weight is 620 g/mol. The summed E-state index contributed by atoms with van der Waals surface area (Å²) in [5, 5.41) is 15.8. The summed E-state index contributed by atoms with van der Waals surface area (Å²) in [6.45, 7) is 0.406. The number of halogens is 1. The Balaban J connectivity index is 1.58. The molecule has 4 aromatic rings. The number of hydrogen-bond acceptors (Lipinski definition) is 6. The highest BCUT2D eigenvalue weighted by Gasteiger charge is 2.53. The molecule has 46 heavy (non-hydrogen) atoms. The molecule has 0 aliphatic carbocycles. The van der Waals surface area contributed by atoms with Crippen LogP contribution in [0.25, 0.3) is 16.5 Å². The second-order valence-corrected chi connectivity index (χ2v) is 10.7. The van der Waals surface area contributed by atoms with Gasteiger partial charge in [-0.15, -0.1) is 0 Å². The smallest absolute Gasteiger partial charge is 0.252 e. The lowest BCUT2D eigenvalue weighted by Crippen LogP contribution is -2.48. The van der Waals surface area contributed by atoms with Crippen LogP contribution in [0.1, 0.15) is 46.8 Å². The minimum atomic E-state index is -1.51. The van der Waals surface area contributed by atoms with Crippen molar-refractivity contribution < 1.29 is 23.8 Å². The van der Waals surface area contributed by atoms with Crippen LogP contribution in [0.4, 0.5) is 4.39 Å². The normalized spacial score (nSPS) is 17.2. The van der Waals surface area contributed by atoms with Gasteiger partial charge < -0.3 is 19.9 Å². The SMILES string of the molecule is [N-]=[N+]=NCc1ccccc1[C@H]1OC(c2ccc(OCCCO)cc2)=N[C@@]1(C/C=C/c1ccccc1)C(=O)NCc1ccccc1F. The first kappa shape index (κ1) is 32.0. The Bertz CT molecular complexity index is 1740. The van der Waals surface area contributed by atoms with E-state index in [4.69, 9.17) is 25.1 Å². The van der Waals surface area contributed by atoms with Gasteiger partial charge in [-0.1, -0.05) is 90.1 Å². The molecule has 0 fully saturated rings. The Morgan fingerprint density at radius 3 is 2.48 bits per heavy atom. The molecule has 0 bridgehead atoms. The first-order chi connectivity index (χ1) is 22.5. The zero-order chi connectivity index (χ0) is 32.2. The molecule has 0 spiro atoms. The highest BCUT2D eigenvalue weighted by atomic mass is 19.1. The maximum Gasteiger partial charge on any atom is 0.252 e. The fourth-order valence-corrected chi connectivity index (χ4v) is 5.24. The van der Waals surface area contributed by atoms with Gasteiger partial charge in [0.2, 0.25) is 5.90 Å². The third kappa shape index (κ3) is 7.61. The standard InChI is InChI=1S/C36H34FN5O4/c37-32-16-7-5-14-29(32)24-39-35(44)36(21-8-12-26-10-2-1-3-11-26)33(31-15-6-4-13-28(31)25-40-42-38)46-34(41-36)27-17-19-30(20-18-27)45-23-9-22-43/h1-8,10-20,33,43H,9,21-25H2,(H,39,44)/b12-8+/t33-,36-/m1/s1. The van der Waals surface area contributed by atoms with Crippen molar-refractivity contribution in [3.05, 3.63) is 153 Å². The van der Waals surface area contributed by atoms with E-state index in [0.717, 1.165) is 5.56 Å². The van der Waals surface area contributed by atoms with Crippen LogP contribution in [0.15, 0.2) is 119 Å². The Labute approximate surface area is 266 Å². The molecule has 234 valence electrons. The van der Waals surface area contributed by atoms with Gasteiger partial charge in [-0.25, -0.2) is 9.38 Å². The molecule has 1 amide bonds. The highest BCUT2D eigenvalue weighted by Crippen LogP contribution is 2.44. The predicted molar refractivity (Wildman–Crippen MR) is 174 cm³/mol. The van der Waals surface area contributed by atoms with Crippen LogP contribution in [-0.2, 0) is 22.6 Å². The van der Waals surface area contributed by atoms with Gasteiger partial charge >= 0.3 is 0 Å². The van der Waals surface area contributed by atoms with Gasteiger partial charge in [0.15, 0.2) is 11.6 Å². The molecule has 0 saturated heterocycles. The van der Waals surface area contributed by atoms with Crippen molar-refractivity contribution in [3.63, 3.8) is 0 Å². The molecule has 5 rings (SSSR count). The number of amides is 1. The van der Waals surface area contributed by atoms with Crippen LogP contribution in [0.2, 0.25) is 0 Å². The van der Waals surface area contributed by atoms with E-state index in [-0.39, 0.29) is 32.0 Å². The van der Waals surface area contributed by atoms with Gasteiger partial charge in [-0.2, -0.15) is 0 Å². The predicted octanol–water partition coefficient (Wildman–Crippen LogP) is 7.07. The number of nitrogens with one attached hydrogen (secondary N) is 1. The van der Waals surface area contributed by atoms with Crippen molar-refractivity contribution in [2.45, 2.75) is 37.6 Å². The van der Waals surface area contributed by atoms with Gasteiger partial charge in [0.05, 0.1) is 13.2 Å². The van der Waals surface area contributed by atoms with Crippen molar-refractivity contribution in [1.29, 1.82) is 0 Å². The number of nitrogens with zero attached hydrogens (tertiary/aromatic N) is 4. The maximum absolute atomic E-state index is 14.6. The van der Waals surface area contributed by atoms with Crippen molar-refractivity contribution in [3.8, 4) is 5.75 Å². The maximum atomic E-state index is 14.6. The van der Waals surface area contributed by atoms with Gasteiger partial charge in [-0.05, 0) is 52.6 Å². The number of hydrogen-bond donors (Lipinski definition) is 2. The molecular formula is C36H34FN5O4. The molecule has 9 nitrogen and oxygen atoms in total. The summed E-state index contributed by atoms with van der Waals surface area (Å²) in [6, 6.07) is 30.4. The number of aliphatic hydroxyl groups excluding tert-OH is 1. The number of azide groups is 1. The second-order valence-electron chi connectivity index (χ2n) is 10.7.